The van der Waals surface area contributed by atoms with Crippen LogP contribution in [-0.2, 0) is 0 Å². The minimum absolute atomic E-state index is 0.672. The summed E-state index contributed by atoms with van der Waals surface area (Å²) in [6.45, 7) is 0. The van der Waals surface area contributed by atoms with Crippen LogP contribution in [0.5, 0.6) is 0 Å². The van der Waals surface area contributed by atoms with E-state index in [1.165, 1.54) is 20.2 Å². The van der Waals surface area contributed by atoms with Crippen LogP contribution in [0.1, 0.15) is 0 Å². The molecule has 0 aliphatic heterocycles. The summed E-state index contributed by atoms with van der Waals surface area (Å²) in [5.41, 5.74) is 12.2. The maximum Gasteiger partial charge on any atom is 0.160 e. The molecule has 0 N–H and O–H groups in total. The molecular formula is C51H32N4S. The van der Waals surface area contributed by atoms with Gasteiger partial charge >= 0.3 is 0 Å². The van der Waals surface area contributed by atoms with Crippen molar-refractivity contribution in [2.24, 2.45) is 0 Å². The number of benzene rings is 7. The zero-order valence-electron chi connectivity index (χ0n) is 30.2. The van der Waals surface area contributed by atoms with Gasteiger partial charge in [-0.3, -0.25) is 0 Å². The van der Waals surface area contributed by atoms with E-state index in [4.69, 9.17) is 15.1 Å². The van der Waals surface area contributed by atoms with Crippen LogP contribution in [-0.4, -0.2) is 19.6 Å². The summed E-state index contributed by atoms with van der Waals surface area (Å²) in [6, 6.07) is 68.4. The van der Waals surface area contributed by atoms with Gasteiger partial charge in [-0.2, -0.15) is 5.10 Å². The fourth-order valence-corrected chi connectivity index (χ4v) is 9.04. The van der Waals surface area contributed by atoms with Crippen molar-refractivity contribution in [1.82, 2.24) is 19.6 Å². The molecule has 262 valence electrons. The predicted octanol–water partition coefficient (Wildman–Crippen LogP) is 13.6. The van der Waals surface area contributed by atoms with E-state index in [0.29, 0.717) is 5.82 Å². The molecule has 7 aromatic carbocycles. The molecule has 0 radical (unpaired) electrons. The lowest BCUT2D eigenvalue weighted by Gasteiger charge is -2.13. The second-order valence-electron chi connectivity index (χ2n) is 14.1. The Kier molecular flexibility index (Phi) is 7.64. The van der Waals surface area contributed by atoms with Crippen LogP contribution in [0.25, 0.3) is 104 Å². The normalized spacial score (nSPS) is 11.6. The van der Waals surface area contributed by atoms with Gasteiger partial charge in [0, 0.05) is 58.9 Å². The van der Waals surface area contributed by atoms with Gasteiger partial charge in [-0.25, -0.2) is 14.5 Å². The number of aromatic nitrogens is 4. The summed E-state index contributed by atoms with van der Waals surface area (Å²) < 4.78 is 4.70. The monoisotopic (exact) mass is 732 g/mol. The Hall–Kier alpha value is -7.21. The molecule has 5 heteroatoms. The number of pyridine rings is 1. The lowest BCUT2D eigenvalue weighted by Crippen LogP contribution is -1.98. The minimum atomic E-state index is 0.672. The standard InChI is InChI=1S/C51H32N4S/c1-4-15-33(16-5-1)43-32-44(37-27-28-47-42(30-37)41-25-12-13-26-46(41)56-47)53-51(52-43)39-23-14-22-38(29-39)45-31-36-21-10-11-24-40(36)50-48(34-17-6-2-7-18-34)49(54-55(45)50)35-19-8-3-9-20-35/h1-32H. The smallest absolute Gasteiger partial charge is 0.160 e. The minimum Gasteiger partial charge on any atom is -0.231 e. The van der Waals surface area contributed by atoms with Gasteiger partial charge in [-0.1, -0.05) is 158 Å². The Labute approximate surface area is 327 Å². The second kappa shape index (κ2) is 13.3. The van der Waals surface area contributed by atoms with Crippen LogP contribution in [0.2, 0.25) is 0 Å². The molecule has 0 aliphatic carbocycles. The fourth-order valence-electron chi connectivity index (χ4n) is 7.95. The van der Waals surface area contributed by atoms with Crippen molar-refractivity contribution < 1.29 is 0 Å². The summed E-state index contributed by atoms with van der Waals surface area (Å²) in [6.07, 6.45) is 0. The quantitative estimate of drug-likeness (QED) is 0.171. The molecule has 0 unspecified atom stereocenters. The SMILES string of the molecule is c1ccc(-c2cc(-c3ccc4sc5ccccc5c4c3)nc(-c3cccc(-c4cc5ccccc5c5c(-c6ccccc6)c(-c6ccccc6)nn45)c3)n2)cc1. The average Bonchev–Trinajstić information content (AvgIpc) is 3.86. The van der Waals surface area contributed by atoms with Crippen molar-refractivity contribution >= 4 is 47.8 Å². The van der Waals surface area contributed by atoms with Crippen LogP contribution in [0.4, 0.5) is 0 Å². The highest BCUT2D eigenvalue weighted by Crippen LogP contribution is 2.42. The van der Waals surface area contributed by atoms with Crippen LogP contribution >= 0.6 is 11.3 Å². The molecule has 0 amide bonds. The van der Waals surface area contributed by atoms with Gasteiger partial charge in [0.1, 0.15) is 5.69 Å². The van der Waals surface area contributed by atoms with Crippen LogP contribution < -0.4 is 0 Å². The summed E-state index contributed by atoms with van der Waals surface area (Å²) in [5, 5.41) is 10.2. The first-order valence-electron chi connectivity index (χ1n) is 18.8. The average molecular weight is 733 g/mol. The van der Waals surface area contributed by atoms with Gasteiger partial charge in [-0.15, -0.1) is 11.3 Å². The Morgan fingerprint density at radius 1 is 0.393 bits per heavy atom. The molecule has 0 atom stereocenters. The molecule has 0 fully saturated rings. The Bertz CT molecular complexity index is 3240. The van der Waals surface area contributed by atoms with Crippen molar-refractivity contribution in [3.05, 3.63) is 194 Å². The van der Waals surface area contributed by atoms with Gasteiger partial charge in [0.15, 0.2) is 5.82 Å². The Morgan fingerprint density at radius 2 is 1.00 bits per heavy atom. The van der Waals surface area contributed by atoms with Crippen molar-refractivity contribution in [3.8, 4) is 67.5 Å². The number of nitrogens with zero attached hydrogens (tertiary/aromatic N) is 4. The zero-order chi connectivity index (χ0) is 37.0. The van der Waals surface area contributed by atoms with Gasteiger partial charge in [0.05, 0.1) is 22.6 Å². The molecule has 11 rings (SSSR count). The van der Waals surface area contributed by atoms with Crippen LogP contribution in [0.3, 0.4) is 0 Å². The summed E-state index contributed by atoms with van der Waals surface area (Å²) in [4.78, 5) is 10.5. The molecule has 4 nitrogen and oxygen atoms in total. The van der Waals surface area contributed by atoms with E-state index in [-0.39, 0.29) is 0 Å². The highest BCUT2D eigenvalue weighted by Gasteiger charge is 2.22. The maximum absolute atomic E-state index is 5.42. The third-order valence-corrected chi connectivity index (χ3v) is 11.8. The van der Waals surface area contributed by atoms with Gasteiger partial charge < -0.3 is 0 Å². The van der Waals surface area contributed by atoms with Crippen molar-refractivity contribution in [3.63, 3.8) is 0 Å². The van der Waals surface area contributed by atoms with E-state index in [1.807, 2.05) is 17.4 Å². The van der Waals surface area contributed by atoms with E-state index in [2.05, 4.69) is 193 Å². The first-order valence-corrected chi connectivity index (χ1v) is 19.6. The maximum atomic E-state index is 5.42. The second-order valence-corrected chi connectivity index (χ2v) is 15.1. The number of hydrogen-bond donors (Lipinski definition) is 0. The third-order valence-electron chi connectivity index (χ3n) is 10.6. The van der Waals surface area contributed by atoms with Crippen molar-refractivity contribution in [1.29, 1.82) is 0 Å². The highest BCUT2D eigenvalue weighted by atomic mass is 32.1. The van der Waals surface area contributed by atoms with E-state index in [1.54, 1.807) is 0 Å². The zero-order valence-corrected chi connectivity index (χ0v) is 31.0. The van der Waals surface area contributed by atoms with Crippen LogP contribution in [0, 0.1) is 0 Å². The first kappa shape index (κ1) is 32.2. The molecule has 0 saturated heterocycles. The lowest BCUT2D eigenvalue weighted by molar-refractivity contribution is 0.979. The van der Waals surface area contributed by atoms with E-state index in [9.17, 15) is 0 Å². The summed E-state index contributed by atoms with van der Waals surface area (Å²) in [5.74, 6) is 0.672. The molecular weight excluding hydrogens is 701 g/mol. The molecule has 56 heavy (non-hydrogen) atoms. The van der Waals surface area contributed by atoms with Crippen molar-refractivity contribution in [2.75, 3.05) is 0 Å². The topological polar surface area (TPSA) is 43.1 Å². The molecule has 0 aliphatic rings. The number of fused-ring (bicyclic) bond motifs is 6. The van der Waals surface area contributed by atoms with E-state index < -0.39 is 0 Å². The van der Waals surface area contributed by atoms with Crippen LogP contribution in [0.15, 0.2) is 194 Å². The van der Waals surface area contributed by atoms with E-state index in [0.717, 1.165) is 78.0 Å². The molecule has 4 heterocycles. The summed E-state index contributed by atoms with van der Waals surface area (Å²) in [7, 11) is 0. The van der Waals surface area contributed by atoms with Crippen molar-refractivity contribution in [2.45, 2.75) is 0 Å². The number of thiophene rings is 1. The Balaban J connectivity index is 1.12. The molecule has 11 aromatic rings. The third kappa shape index (κ3) is 5.48. The fraction of sp³-hybridized carbons (Fsp3) is 0. The highest BCUT2D eigenvalue weighted by molar-refractivity contribution is 7.25. The largest absolute Gasteiger partial charge is 0.231 e. The first-order chi connectivity index (χ1) is 27.7. The summed E-state index contributed by atoms with van der Waals surface area (Å²) >= 11 is 1.83. The lowest BCUT2D eigenvalue weighted by atomic mass is 9.97. The number of rotatable bonds is 6. The Morgan fingerprint density at radius 3 is 1.79 bits per heavy atom. The molecule has 0 bridgehead atoms. The van der Waals surface area contributed by atoms with Gasteiger partial charge in [0.25, 0.3) is 0 Å². The number of hydrogen-bond acceptors (Lipinski definition) is 4. The molecule has 0 spiro atoms. The molecule has 4 aromatic heterocycles. The van der Waals surface area contributed by atoms with Gasteiger partial charge in [-0.05, 0) is 47.3 Å². The predicted molar refractivity (Wildman–Crippen MR) is 234 cm³/mol. The van der Waals surface area contributed by atoms with Gasteiger partial charge in [0.2, 0.25) is 0 Å². The molecule has 0 saturated carbocycles. The van der Waals surface area contributed by atoms with E-state index >= 15 is 0 Å².